The number of aromatic nitrogens is 1. The molecule has 7 nitrogen and oxygen atoms in total. The normalized spacial score (nSPS) is 10.9. The Kier molecular flexibility index (Phi) is 10.3. The highest BCUT2D eigenvalue weighted by Gasteiger charge is 2.23. The van der Waals surface area contributed by atoms with Crippen LogP contribution < -0.4 is 0 Å². The molecule has 0 fully saturated rings. The molecular weight excluding hydrogens is 441 g/mol. The van der Waals surface area contributed by atoms with Crippen molar-refractivity contribution in [2.45, 2.75) is 13.0 Å². The van der Waals surface area contributed by atoms with E-state index in [1.54, 1.807) is 31.3 Å². The smallest absolute Gasteiger partial charge is 0.254 e. The molecule has 0 aliphatic rings. The number of hydrogen-bond acceptors (Lipinski definition) is 4. The van der Waals surface area contributed by atoms with Gasteiger partial charge in [0.25, 0.3) is 5.91 Å². The van der Waals surface area contributed by atoms with E-state index in [1.807, 2.05) is 29.9 Å². The van der Waals surface area contributed by atoms with Crippen LogP contribution in [0, 0.1) is 0 Å². The molecule has 1 aromatic heterocycles. The Bertz CT molecular complexity index is 872. The number of ether oxygens (including phenoxy) is 2. The minimum Gasteiger partial charge on any atom is -0.385 e. The first-order chi connectivity index (χ1) is 14.9. The zero-order valence-electron chi connectivity index (χ0n) is 18.1. The van der Waals surface area contributed by atoms with Crippen molar-refractivity contribution >= 4 is 35.0 Å². The fourth-order valence-corrected chi connectivity index (χ4v) is 3.37. The molecule has 0 saturated heterocycles. The van der Waals surface area contributed by atoms with Gasteiger partial charge >= 0.3 is 0 Å². The van der Waals surface area contributed by atoms with Crippen molar-refractivity contribution in [2.24, 2.45) is 7.05 Å². The molecule has 0 N–H and O–H groups in total. The summed E-state index contributed by atoms with van der Waals surface area (Å²) in [6, 6.07) is 8.60. The molecule has 31 heavy (non-hydrogen) atoms. The van der Waals surface area contributed by atoms with Gasteiger partial charge in [-0.25, -0.2) is 0 Å². The van der Waals surface area contributed by atoms with Crippen molar-refractivity contribution in [3.05, 3.63) is 57.8 Å². The van der Waals surface area contributed by atoms with E-state index in [1.165, 1.54) is 11.0 Å². The van der Waals surface area contributed by atoms with E-state index < -0.39 is 0 Å². The van der Waals surface area contributed by atoms with Crippen molar-refractivity contribution in [1.82, 2.24) is 14.4 Å². The molecule has 0 aliphatic heterocycles. The fraction of sp³-hybridized carbons (Fsp3) is 0.455. The molecule has 1 heterocycles. The average Bonchev–Trinajstić information content (AvgIpc) is 3.16. The van der Waals surface area contributed by atoms with Gasteiger partial charge < -0.3 is 23.8 Å². The van der Waals surface area contributed by atoms with Crippen molar-refractivity contribution in [3.8, 4) is 0 Å². The Hall–Kier alpha value is -2.06. The van der Waals surface area contributed by atoms with Crippen LogP contribution >= 0.6 is 23.2 Å². The highest BCUT2D eigenvalue weighted by Crippen LogP contribution is 2.23. The lowest BCUT2D eigenvalue weighted by atomic mass is 10.2. The van der Waals surface area contributed by atoms with Crippen LogP contribution in [-0.2, 0) is 27.9 Å². The minimum atomic E-state index is -0.284. The molecule has 0 saturated carbocycles. The van der Waals surface area contributed by atoms with Gasteiger partial charge in [-0.2, -0.15) is 0 Å². The van der Waals surface area contributed by atoms with Gasteiger partial charge in [0.15, 0.2) is 0 Å². The predicted octanol–water partition coefficient (Wildman–Crippen LogP) is 3.49. The molecule has 1 aromatic carbocycles. The first kappa shape index (κ1) is 25.2. The Morgan fingerprint density at radius 1 is 1.00 bits per heavy atom. The van der Waals surface area contributed by atoms with Crippen LogP contribution in [0.3, 0.4) is 0 Å². The van der Waals surface area contributed by atoms with Crippen molar-refractivity contribution in [3.63, 3.8) is 0 Å². The Labute approximate surface area is 193 Å². The van der Waals surface area contributed by atoms with Crippen molar-refractivity contribution in [1.29, 1.82) is 0 Å². The van der Waals surface area contributed by atoms with E-state index in [-0.39, 0.29) is 18.4 Å². The van der Waals surface area contributed by atoms with Gasteiger partial charge in [0, 0.05) is 58.4 Å². The van der Waals surface area contributed by atoms with E-state index >= 15 is 0 Å². The molecule has 2 rings (SSSR count). The van der Waals surface area contributed by atoms with Gasteiger partial charge in [-0.1, -0.05) is 23.2 Å². The quantitative estimate of drug-likeness (QED) is 0.446. The molecule has 0 atom stereocenters. The van der Waals surface area contributed by atoms with E-state index in [4.69, 9.17) is 32.7 Å². The summed E-state index contributed by atoms with van der Waals surface area (Å²) in [5.74, 6) is -0.447. The third-order valence-corrected chi connectivity index (χ3v) is 5.62. The van der Waals surface area contributed by atoms with E-state index in [2.05, 4.69) is 0 Å². The predicted molar refractivity (Wildman–Crippen MR) is 122 cm³/mol. The number of halogens is 2. The van der Waals surface area contributed by atoms with Gasteiger partial charge in [-0.05, 0) is 36.8 Å². The molecule has 9 heteroatoms. The second kappa shape index (κ2) is 12.7. The van der Waals surface area contributed by atoms with E-state index in [0.29, 0.717) is 54.9 Å². The Balaban J connectivity index is 2.18. The molecule has 0 spiro atoms. The summed E-state index contributed by atoms with van der Waals surface area (Å²) < 4.78 is 12.2. The highest BCUT2D eigenvalue weighted by molar-refractivity contribution is 6.42. The van der Waals surface area contributed by atoms with Crippen LogP contribution in [-0.4, -0.2) is 73.2 Å². The third-order valence-electron chi connectivity index (χ3n) is 4.88. The van der Waals surface area contributed by atoms with Gasteiger partial charge in [-0.15, -0.1) is 0 Å². The van der Waals surface area contributed by atoms with Crippen LogP contribution in [0.25, 0.3) is 0 Å². The number of nitrogens with zero attached hydrogens (tertiary/aromatic N) is 3. The van der Waals surface area contributed by atoms with E-state index in [0.717, 1.165) is 5.69 Å². The van der Waals surface area contributed by atoms with Crippen LogP contribution in [0.4, 0.5) is 0 Å². The number of benzene rings is 1. The third kappa shape index (κ3) is 7.54. The zero-order valence-corrected chi connectivity index (χ0v) is 19.7. The van der Waals surface area contributed by atoms with Crippen LogP contribution in [0.5, 0.6) is 0 Å². The largest absolute Gasteiger partial charge is 0.385 e. The Morgan fingerprint density at radius 2 is 1.74 bits per heavy atom. The SMILES string of the molecule is COCCCN(CC(=O)N(CCOC)Cc1cccn1C)C(=O)c1ccc(Cl)c(Cl)c1. The van der Waals surface area contributed by atoms with Gasteiger partial charge in [0.1, 0.15) is 6.54 Å². The van der Waals surface area contributed by atoms with E-state index in [9.17, 15) is 9.59 Å². The topological polar surface area (TPSA) is 64.0 Å². The Morgan fingerprint density at radius 3 is 2.35 bits per heavy atom. The summed E-state index contributed by atoms with van der Waals surface area (Å²) in [6.45, 7) is 2.06. The molecule has 170 valence electrons. The number of aryl methyl sites for hydroxylation is 1. The maximum Gasteiger partial charge on any atom is 0.254 e. The monoisotopic (exact) mass is 469 g/mol. The van der Waals surface area contributed by atoms with Crippen LogP contribution in [0.1, 0.15) is 22.5 Å². The van der Waals surface area contributed by atoms with Gasteiger partial charge in [0.2, 0.25) is 5.91 Å². The highest BCUT2D eigenvalue weighted by atomic mass is 35.5. The number of rotatable bonds is 12. The number of carbonyl (C=O) groups is 2. The molecule has 0 aliphatic carbocycles. The number of methoxy groups -OCH3 is 2. The molecule has 0 radical (unpaired) electrons. The first-order valence-corrected chi connectivity index (χ1v) is 10.7. The van der Waals surface area contributed by atoms with Crippen molar-refractivity contribution < 1.29 is 19.1 Å². The zero-order chi connectivity index (χ0) is 22.8. The van der Waals surface area contributed by atoms with Crippen molar-refractivity contribution in [2.75, 3.05) is 47.1 Å². The van der Waals surface area contributed by atoms with Gasteiger partial charge in [0.05, 0.1) is 23.2 Å². The minimum absolute atomic E-state index is 0.0586. The summed E-state index contributed by atoms with van der Waals surface area (Å²) >= 11 is 12.1. The second-order valence-corrected chi connectivity index (χ2v) is 7.93. The molecule has 0 unspecified atom stereocenters. The summed E-state index contributed by atoms with van der Waals surface area (Å²) in [6.07, 6.45) is 2.53. The molecule has 0 bridgehead atoms. The average molecular weight is 470 g/mol. The second-order valence-electron chi connectivity index (χ2n) is 7.12. The molecular formula is C22H29Cl2N3O4. The summed E-state index contributed by atoms with van der Waals surface area (Å²) in [5.41, 5.74) is 1.37. The number of hydrogen-bond donors (Lipinski definition) is 0. The lowest BCUT2D eigenvalue weighted by molar-refractivity contribution is -0.133. The van der Waals surface area contributed by atoms with Crippen LogP contribution in [0.2, 0.25) is 10.0 Å². The number of amides is 2. The maximum absolute atomic E-state index is 13.2. The molecule has 2 amide bonds. The lowest BCUT2D eigenvalue weighted by Gasteiger charge is -2.28. The lowest BCUT2D eigenvalue weighted by Crippen LogP contribution is -2.44. The van der Waals surface area contributed by atoms with Crippen LogP contribution in [0.15, 0.2) is 36.5 Å². The standard InChI is InChI=1S/C22H29Cl2N3O4/c1-25-9-4-6-18(25)15-26(11-13-31-3)21(28)16-27(10-5-12-30-2)22(29)17-7-8-19(23)20(24)14-17/h4,6-9,14H,5,10-13,15-16H2,1-3H3. The fourth-order valence-electron chi connectivity index (χ4n) is 3.08. The summed E-state index contributed by atoms with van der Waals surface area (Å²) in [4.78, 5) is 29.5. The summed E-state index contributed by atoms with van der Waals surface area (Å²) in [7, 11) is 5.12. The maximum atomic E-state index is 13.2. The molecule has 2 aromatic rings. The van der Waals surface area contributed by atoms with Gasteiger partial charge in [-0.3, -0.25) is 9.59 Å². The summed E-state index contributed by atoms with van der Waals surface area (Å²) in [5, 5.41) is 0.662. The first-order valence-electron chi connectivity index (χ1n) is 9.97. The number of carbonyl (C=O) groups excluding carboxylic acids is 2.